The zero-order chi connectivity index (χ0) is 23.0. The van der Waals surface area contributed by atoms with E-state index in [9.17, 15) is 17.2 Å². The maximum absolute atomic E-state index is 14.7. The molecule has 166 valence electrons. The summed E-state index contributed by atoms with van der Waals surface area (Å²) < 4.78 is 58.7. The molecule has 0 fully saturated rings. The Bertz CT molecular complexity index is 1160. The van der Waals surface area contributed by atoms with Crippen molar-refractivity contribution in [3.05, 3.63) is 53.2 Å². The Hall–Kier alpha value is -2.88. The number of amidine groups is 1. The van der Waals surface area contributed by atoms with Crippen molar-refractivity contribution < 1.29 is 21.9 Å². The number of rotatable bonds is 5. The van der Waals surface area contributed by atoms with E-state index < -0.39 is 37.5 Å². The predicted molar refractivity (Wildman–Crippen MR) is 115 cm³/mol. The zero-order valence-electron chi connectivity index (χ0n) is 17.7. The van der Waals surface area contributed by atoms with Crippen molar-refractivity contribution >= 4 is 27.6 Å². The first-order valence-corrected chi connectivity index (χ1v) is 11.3. The zero-order valence-corrected chi connectivity index (χ0v) is 18.5. The van der Waals surface area contributed by atoms with Gasteiger partial charge in [-0.15, -0.1) is 0 Å². The molecule has 2 N–H and O–H groups in total. The van der Waals surface area contributed by atoms with Crippen molar-refractivity contribution in [3.8, 4) is 5.88 Å². The van der Waals surface area contributed by atoms with Crippen LogP contribution >= 0.6 is 0 Å². The van der Waals surface area contributed by atoms with Gasteiger partial charge >= 0.3 is 0 Å². The monoisotopic (exact) mass is 450 g/mol. The highest BCUT2D eigenvalue weighted by atomic mass is 32.2. The van der Waals surface area contributed by atoms with Crippen LogP contribution in [0.2, 0.25) is 0 Å². The Labute approximate surface area is 180 Å². The van der Waals surface area contributed by atoms with Crippen molar-refractivity contribution in [1.82, 2.24) is 9.97 Å². The van der Waals surface area contributed by atoms with E-state index in [4.69, 9.17) is 10.5 Å². The average Bonchev–Trinajstić information content (AvgIpc) is 2.68. The SMILES string of the molecule is CCOc1cnc(/C(F)=C/c2ccc(F)c([C@]3(C)CS(=O)(=O)C(C)(C)C(N)=N3)c2)cn1. The molecule has 31 heavy (non-hydrogen) atoms. The Morgan fingerprint density at radius 2 is 1.97 bits per heavy atom. The summed E-state index contributed by atoms with van der Waals surface area (Å²) in [5, 5.41) is 0. The maximum Gasteiger partial charge on any atom is 0.232 e. The number of hydrogen-bond donors (Lipinski definition) is 1. The Kier molecular flexibility index (Phi) is 5.88. The summed E-state index contributed by atoms with van der Waals surface area (Å²) in [5.74, 6) is -1.61. The normalized spacial score (nSPS) is 22.6. The molecular weight excluding hydrogens is 426 g/mol. The third-order valence-electron chi connectivity index (χ3n) is 5.26. The number of benzene rings is 1. The third kappa shape index (κ3) is 4.30. The molecule has 0 bridgehead atoms. The van der Waals surface area contributed by atoms with E-state index in [1.807, 2.05) is 0 Å². The van der Waals surface area contributed by atoms with Gasteiger partial charge in [0.05, 0.1) is 24.8 Å². The summed E-state index contributed by atoms with van der Waals surface area (Å²) in [6.45, 7) is 6.61. The van der Waals surface area contributed by atoms with Crippen LogP contribution in [0.1, 0.15) is 44.5 Å². The summed E-state index contributed by atoms with van der Waals surface area (Å²) in [4.78, 5) is 12.2. The van der Waals surface area contributed by atoms with E-state index in [1.165, 1.54) is 45.3 Å². The lowest BCUT2D eigenvalue weighted by Gasteiger charge is -2.38. The van der Waals surface area contributed by atoms with Crippen LogP contribution in [0.5, 0.6) is 5.88 Å². The number of halogens is 2. The fraction of sp³-hybridized carbons (Fsp3) is 0.381. The highest BCUT2D eigenvalue weighted by Crippen LogP contribution is 2.38. The van der Waals surface area contributed by atoms with E-state index in [0.717, 1.165) is 12.1 Å². The van der Waals surface area contributed by atoms with E-state index >= 15 is 0 Å². The molecule has 0 unspecified atom stereocenters. The lowest BCUT2D eigenvalue weighted by Crippen LogP contribution is -2.55. The number of sulfone groups is 1. The van der Waals surface area contributed by atoms with Crippen molar-refractivity contribution in [3.63, 3.8) is 0 Å². The second-order valence-electron chi connectivity index (χ2n) is 7.94. The minimum Gasteiger partial charge on any atom is -0.477 e. The highest BCUT2D eigenvalue weighted by Gasteiger charge is 2.49. The van der Waals surface area contributed by atoms with Gasteiger partial charge in [-0.1, -0.05) is 6.07 Å². The van der Waals surface area contributed by atoms with Crippen LogP contribution in [-0.2, 0) is 15.4 Å². The molecule has 2 heterocycles. The molecule has 1 aliphatic heterocycles. The molecule has 10 heteroatoms. The smallest absolute Gasteiger partial charge is 0.232 e. The van der Waals surface area contributed by atoms with Crippen molar-refractivity contribution in [2.24, 2.45) is 10.7 Å². The molecule has 2 aromatic rings. The molecule has 1 atom stereocenters. The van der Waals surface area contributed by atoms with Gasteiger partial charge < -0.3 is 10.5 Å². The summed E-state index contributed by atoms with van der Waals surface area (Å²) >= 11 is 0. The molecule has 0 saturated carbocycles. The molecule has 0 aliphatic carbocycles. The maximum atomic E-state index is 14.7. The van der Waals surface area contributed by atoms with E-state index in [0.29, 0.717) is 12.2 Å². The summed E-state index contributed by atoms with van der Waals surface area (Å²) in [6, 6.07) is 3.88. The number of aromatic nitrogens is 2. The van der Waals surface area contributed by atoms with E-state index in [1.54, 1.807) is 6.92 Å². The average molecular weight is 451 g/mol. The van der Waals surface area contributed by atoms with Crippen molar-refractivity contribution in [2.75, 3.05) is 12.4 Å². The molecular formula is C21H24F2N4O3S. The first-order chi connectivity index (χ1) is 14.4. The van der Waals surface area contributed by atoms with Crippen LogP contribution in [0.3, 0.4) is 0 Å². The Morgan fingerprint density at radius 1 is 1.26 bits per heavy atom. The Morgan fingerprint density at radius 3 is 2.55 bits per heavy atom. The standard InChI is InChI=1S/C21H24F2N4O3S/c1-5-30-18-11-25-17(10-26-18)16(23)9-13-6-7-15(22)14(8-13)21(4)12-31(28,29)20(2,3)19(24)27-21/h6-11H,5,12H2,1-4H3,(H2,24,27)/b16-9-/t21-/m0/s1. The quantitative estimate of drug-likeness (QED) is 0.749. The second kappa shape index (κ2) is 7.99. The van der Waals surface area contributed by atoms with E-state index in [2.05, 4.69) is 15.0 Å². The summed E-state index contributed by atoms with van der Waals surface area (Å²) in [5.41, 5.74) is 4.78. The molecule has 0 radical (unpaired) electrons. The summed E-state index contributed by atoms with van der Waals surface area (Å²) in [7, 11) is -3.71. The van der Waals surface area contributed by atoms with Gasteiger partial charge in [0.25, 0.3) is 0 Å². The predicted octanol–water partition coefficient (Wildman–Crippen LogP) is 3.26. The molecule has 3 rings (SSSR count). The molecule has 1 aliphatic rings. The number of aliphatic imine (C=N–C) groups is 1. The minimum atomic E-state index is -3.71. The van der Waals surface area contributed by atoms with Crippen molar-refractivity contribution in [1.29, 1.82) is 0 Å². The lowest BCUT2D eigenvalue weighted by molar-refractivity contribution is 0.325. The van der Waals surface area contributed by atoms with Crippen LogP contribution in [0.15, 0.2) is 35.6 Å². The highest BCUT2D eigenvalue weighted by molar-refractivity contribution is 7.93. The van der Waals surface area contributed by atoms with Crippen LogP contribution < -0.4 is 10.5 Å². The minimum absolute atomic E-state index is 0.00820. The molecule has 0 saturated heterocycles. The number of nitrogens with two attached hydrogens (primary N) is 1. The largest absolute Gasteiger partial charge is 0.477 e. The van der Waals surface area contributed by atoms with Gasteiger partial charge in [-0.3, -0.25) is 4.99 Å². The van der Waals surface area contributed by atoms with Gasteiger partial charge in [0.2, 0.25) is 5.88 Å². The van der Waals surface area contributed by atoms with Crippen LogP contribution in [0.4, 0.5) is 8.78 Å². The third-order valence-corrected chi connectivity index (χ3v) is 7.97. The van der Waals surface area contributed by atoms with Gasteiger partial charge in [-0.05, 0) is 51.5 Å². The first kappa shape index (κ1) is 22.8. The van der Waals surface area contributed by atoms with Crippen LogP contribution in [0, 0.1) is 5.82 Å². The number of hydrogen-bond acceptors (Lipinski definition) is 7. The topological polar surface area (TPSA) is 108 Å². The van der Waals surface area contributed by atoms with Gasteiger partial charge in [0, 0.05) is 5.56 Å². The lowest BCUT2D eigenvalue weighted by atomic mass is 9.91. The van der Waals surface area contributed by atoms with Crippen LogP contribution in [-0.4, -0.2) is 41.3 Å². The van der Waals surface area contributed by atoms with Gasteiger partial charge in [-0.2, -0.15) is 0 Å². The molecule has 1 aromatic carbocycles. The van der Waals surface area contributed by atoms with Gasteiger partial charge in [-0.25, -0.2) is 27.2 Å². The first-order valence-electron chi connectivity index (χ1n) is 9.60. The molecule has 0 amide bonds. The molecule has 1 aromatic heterocycles. The Balaban J connectivity index is 2.01. The van der Waals surface area contributed by atoms with Gasteiger partial charge in [0.1, 0.15) is 27.6 Å². The summed E-state index contributed by atoms with van der Waals surface area (Å²) in [6.07, 6.45) is 3.68. The molecule has 7 nitrogen and oxygen atoms in total. The fourth-order valence-corrected chi connectivity index (χ4v) is 4.89. The fourth-order valence-electron chi connectivity index (χ4n) is 3.21. The van der Waals surface area contributed by atoms with E-state index in [-0.39, 0.29) is 23.0 Å². The van der Waals surface area contributed by atoms with Crippen molar-refractivity contribution in [2.45, 2.75) is 38.0 Å². The second-order valence-corrected chi connectivity index (χ2v) is 10.5. The number of ether oxygens (including phenoxy) is 1. The van der Waals surface area contributed by atoms with Crippen LogP contribution in [0.25, 0.3) is 11.9 Å². The van der Waals surface area contributed by atoms with Gasteiger partial charge in [0.15, 0.2) is 15.7 Å². The number of nitrogens with zero attached hydrogens (tertiary/aromatic N) is 3. The molecule has 0 spiro atoms.